The van der Waals surface area contributed by atoms with Crippen molar-refractivity contribution in [2.24, 2.45) is 0 Å². The molecule has 7 heteroatoms. The Kier molecular flexibility index (Phi) is 3.57. The third kappa shape index (κ3) is 2.56. The number of anilines is 2. The van der Waals surface area contributed by atoms with Gasteiger partial charge in [0, 0.05) is 48.8 Å². The monoisotopic (exact) mass is 326 g/mol. The molecule has 1 aromatic carbocycles. The van der Waals surface area contributed by atoms with Crippen LogP contribution in [0.3, 0.4) is 0 Å². The van der Waals surface area contributed by atoms with E-state index in [0.29, 0.717) is 22.6 Å². The molecule has 1 aliphatic rings. The number of aryl methyl sites for hydroxylation is 1. The molecule has 0 atom stereocenters. The molecule has 3 aromatic rings. The molecule has 3 heterocycles. The molecule has 4 rings (SSSR count). The first-order valence-electron chi connectivity index (χ1n) is 8.00. The number of nitrogens with zero attached hydrogens (tertiary/aromatic N) is 3. The van der Waals surface area contributed by atoms with Crippen molar-refractivity contribution in [3.05, 3.63) is 35.8 Å². The second kappa shape index (κ2) is 5.76. The van der Waals surface area contributed by atoms with E-state index in [2.05, 4.69) is 25.2 Å². The minimum atomic E-state index is -0.325. The smallest absolute Gasteiger partial charge is 0.166 e. The fourth-order valence-corrected chi connectivity index (χ4v) is 3.11. The number of piperazine rings is 1. The number of benzene rings is 1. The van der Waals surface area contributed by atoms with Gasteiger partial charge < -0.3 is 20.9 Å². The molecular weight excluding hydrogens is 307 g/mol. The Balaban J connectivity index is 1.81. The van der Waals surface area contributed by atoms with Crippen molar-refractivity contribution < 1.29 is 4.39 Å². The van der Waals surface area contributed by atoms with Gasteiger partial charge >= 0.3 is 0 Å². The minimum Gasteiger partial charge on any atom is -0.384 e. The summed E-state index contributed by atoms with van der Waals surface area (Å²) in [5.41, 5.74) is 7.99. The van der Waals surface area contributed by atoms with Gasteiger partial charge in [-0.25, -0.2) is 14.4 Å². The lowest BCUT2D eigenvalue weighted by atomic mass is 10.1. The van der Waals surface area contributed by atoms with Gasteiger partial charge in [0.05, 0.1) is 5.56 Å². The number of fused-ring (bicyclic) bond motifs is 1. The van der Waals surface area contributed by atoms with Gasteiger partial charge in [0.15, 0.2) is 5.82 Å². The lowest BCUT2D eigenvalue weighted by Gasteiger charge is -2.28. The maximum atomic E-state index is 14.9. The Morgan fingerprint density at radius 1 is 1.17 bits per heavy atom. The fourth-order valence-electron chi connectivity index (χ4n) is 3.11. The Hall–Kier alpha value is -2.67. The SMILES string of the molecule is Cc1cc2c(F)c(-c3nc(N)cc(N4CCNCC4)n3)ccc2[nH]1. The number of rotatable bonds is 2. The predicted octanol–water partition coefficient (Wildman–Crippen LogP) is 2.06. The van der Waals surface area contributed by atoms with E-state index in [1.54, 1.807) is 18.2 Å². The number of nitrogen functional groups attached to an aromatic ring is 1. The zero-order chi connectivity index (χ0) is 16.7. The van der Waals surface area contributed by atoms with E-state index in [9.17, 15) is 4.39 Å². The Morgan fingerprint density at radius 3 is 2.75 bits per heavy atom. The maximum absolute atomic E-state index is 14.9. The number of aromatic nitrogens is 3. The summed E-state index contributed by atoms with van der Waals surface area (Å²) in [6, 6.07) is 7.07. The van der Waals surface area contributed by atoms with Crippen molar-refractivity contribution in [2.45, 2.75) is 6.92 Å². The van der Waals surface area contributed by atoms with Crippen LogP contribution in [0.1, 0.15) is 5.69 Å². The zero-order valence-corrected chi connectivity index (χ0v) is 13.4. The first kappa shape index (κ1) is 14.9. The number of halogens is 1. The van der Waals surface area contributed by atoms with Crippen LogP contribution in [0.2, 0.25) is 0 Å². The van der Waals surface area contributed by atoms with Gasteiger partial charge in [-0.2, -0.15) is 0 Å². The van der Waals surface area contributed by atoms with E-state index in [-0.39, 0.29) is 5.82 Å². The zero-order valence-electron chi connectivity index (χ0n) is 13.4. The summed E-state index contributed by atoms with van der Waals surface area (Å²) in [7, 11) is 0. The molecular formula is C17H19FN6. The molecule has 0 saturated carbocycles. The molecule has 0 unspecified atom stereocenters. The molecule has 6 nitrogen and oxygen atoms in total. The van der Waals surface area contributed by atoms with E-state index >= 15 is 0 Å². The van der Waals surface area contributed by atoms with Gasteiger partial charge in [0.1, 0.15) is 17.5 Å². The number of H-pyrrole nitrogens is 1. The third-order valence-electron chi connectivity index (χ3n) is 4.29. The fraction of sp³-hybridized carbons (Fsp3) is 0.294. The highest BCUT2D eigenvalue weighted by Crippen LogP contribution is 2.29. The average molecular weight is 326 g/mol. The van der Waals surface area contributed by atoms with Crippen LogP contribution in [0.4, 0.5) is 16.0 Å². The Morgan fingerprint density at radius 2 is 1.96 bits per heavy atom. The molecule has 0 amide bonds. The summed E-state index contributed by atoms with van der Waals surface area (Å²) in [6.07, 6.45) is 0. The highest BCUT2D eigenvalue weighted by atomic mass is 19.1. The number of hydrogen-bond acceptors (Lipinski definition) is 5. The molecule has 0 bridgehead atoms. The van der Waals surface area contributed by atoms with Crippen LogP contribution in [0, 0.1) is 12.7 Å². The average Bonchev–Trinajstić information content (AvgIpc) is 2.97. The molecule has 1 aliphatic heterocycles. The normalized spacial score (nSPS) is 15.2. The summed E-state index contributed by atoms with van der Waals surface area (Å²) >= 11 is 0. The minimum absolute atomic E-state index is 0.321. The second-order valence-electron chi connectivity index (χ2n) is 6.05. The van der Waals surface area contributed by atoms with Crippen LogP contribution in [0.15, 0.2) is 24.3 Å². The van der Waals surface area contributed by atoms with E-state index in [1.807, 2.05) is 13.0 Å². The second-order valence-corrected chi connectivity index (χ2v) is 6.05. The van der Waals surface area contributed by atoms with Gasteiger partial charge in [0.2, 0.25) is 0 Å². The van der Waals surface area contributed by atoms with E-state index in [4.69, 9.17) is 5.73 Å². The van der Waals surface area contributed by atoms with Crippen molar-refractivity contribution in [1.29, 1.82) is 0 Å². The van der Waals surface area contributed by atoms with Crippen molar-refractivity contribution >= 4 is 22.5 Å². The topological polar surface area (TPSA) is 82.9 Å². The van der Waals surface area contributed by atoms with Crippen molar-refractivity contribution in [2.75, 3.05) is 36.8 Å². The van der Waals surface area contributed by atoms with E-state index < -0.39 is 0 Å². The first-order valence-corrected chi connectivity index (χ1v) is 8.00. The molecule has 24 heavy (non-hydrogen) atoms. The van der Waals surface area contributed by atoms with Gasteiger partial charge in [-0.3, -0.25) is 0 Å². The molecule has 1 fully saturated rings. The number of nitrogens with one attached hydrogen (secondary N) is 2. The van der Waals surface area contributed by atoms with Gasteiger partial charge in [-0.15, -0.1) is 0 Å². The highest BCUT2D eigenvalue weighted by molar-refractivity contribution is 5.86. The molecule has 0 aliphatic carbocycles. The summed E-state index contributed by atoms with van der Waals surface area (Å²) in [6.45, 7) is 5.37. The summed E-state index contributed by atoms with van der Waals surface area (Å²) in [5, 5.41) is 3.84. The quantitative estimate of drug-likeness (QED) is 0.671. The van der Waals surface area contributed by atoms with Gasteiger partial charge in [-0.1, -0.05) is 0 Å². The lowest BCUT2D eigenvalue weighted by Crippen LogP contribution is -2.44. The van der Waals surface area contributed by atoms with Crippen LogP contribution >= 0.6 is 0 Å². The molecule has 1 saturated heterocycles. The standard InChI is InChI=1S/C17H19FN6/c1-10-8-12-13(21-10)3-2-11(16(12)18)17-22-14(19)9-15(23-17)24-6-4-20-5-7-24/h2-3,8-9,20-21H,4-7H2,1H3,(H2,19,22,23). The van der Waals surface area contributed by atoms with Crippen LogP contribution in [-0.4, -0.2) is 41.1 Å². The van der Waals surface area contributed by atoms with E-state index in [1.165, 1.54) is 0 Å². The Bertz CT molecular complexity index is 897. The van der Waals surface area contributed by atoms with Crippen LogP contribution < -0.4 is 16.0 Å². The Labute approximate surface area is 138 Å². The lowest BCUT2D eigenvalue weighted by molar-refractivity contribution is 0.584. The molecule has 124 valence electrons. The van der Waals surface area contributed by atoms with Crippen molar-refractivity contribution in [3.63, 3.8) is 0 Å². The van der Waals surface area contributed by atoms with Gasteiger partial charge in [-0.05, 0) is 25.1 Å². The maximum Gasteiger partial charge on any atom is 0.166 e. The number of nitrogens with two attached hydrogens (primary N) is 1. The van der Waals surface area contributed by atoms with Crippen molar-refractivity contribution in [1.82, 2.24) is 20.3 Å². The summed E-state index contributed by atoms with van der Waals surface area (Å²) < 4.78 is 14.9. The molecule has 0 spiro atoms. The summed E-state index contributed by atoms with van der Waals surface area (Å²) in [4.78, 5) is 14.1. The third-order valence-corrected chi connectivity index (χ3v) is 4.29. The van der Waals surface area contributed by atoms with Crippen LogP contribution in [0.25, 0.3) is 22.3 Å². The largest absolute Gasteiger partial charge is 0.384 e. The van der Waals surface area contributed by atoms with Gasteiger partial charge in [0.25, 0.3) is 0 Å². The molecule has 4 N–H and O–H groups in total. The van der Waals surface area contributed by atoms with Crippen LogP contribution in [-0.2, 0) is 0 Å². The highest BCUT2D eigenvalue weighted by Gasteiger charge is 2.17. The van der Waals surface area contributed by atoms with Crippen LogP contribution in [0.5, 0.6) is 0 Å². The number of hydrogen-bond donors (Lipinski definition) is 3. The summed E-state index contributed by atoms with van der Waals surface area (Å²) in [5.74, 6) is 1.08. The molecule has 0 radical (unpaired) electrons. The first-order chi connectivity index (χ1) is 11.6. The van der Waals surface area contributed by atoms with E-state index in [0.717, 1.165) is 43.2 Å². The number of aromatic amines is 1. The molecule has 2 aromatic heterocycles. The predicted molar refractivity (Wildman–Crippen MR) is 93.5 cm³/mol. The van der Waals surface area contributed by atoms with Crippen molar-refractivity contribution in [3.8, 4) is 11.4 Å².